The van der Waals surface area contributed by atoms with Gasteiger partial charge in [-0.3, -0.25) is 9.36 Å². The summed E-state index contributed by atoms with van der Waals surface area (Å²) in [5.41, 5.74) is 1.53. The molecule has 0 atom stereocenters. The third-order valence-corrected chi connectivity index (χ3v) is 4.95. The fourth-order valence-corrected chi connectivity index (χ4v) is 3.66. The van der Waals surface area contributed by atoms with Gasteiger partial charge in [-0.05, 0) is 30.3 Å². The molecule has 0 radical (unpaired) electrons. The van der Waals surface area contributed by atoms with E-state index in [9.17, 15) is 18.0 Å². The highest BCUT2D eigenvalue weighted by Crippen LogP contribution is 2.28. The molecule has 0 spiro atoms. The lowest BCUT2D eigenvalue weighted by atomic mass is 10.2. The number of halogens is 3. The lowest BCUT2D eigenvalue weighted by Crippen LogP contribution is -2.22. The monoisotopic (exact) mass is 415 g/mol. The first kappa shape index (κ1) is 19.0. The van der Waals surface area contributed by atoms with Crippen molar-refractivity contribution < 1.29 is 17.9 Å². The predicted molar refractivity (Wildman–Crippen MR) is 105 cm³/mol. The van der Waals surface area contributed by atoms with E-state index in [1.807, 2.05) is 24.3 Å². The van der Waals surface area contributed by atoms with Crippen LogP contribution in [0.4, 0.5) is 13.2 Å². The topological polar surface area (TPSA) is 59.9 Å². The molecule has 0 aliphatic carbocycles. The SMILES string of the molecule is C#CCSc1nc2c([nH]c3ccccc32)c(=O)n1-c1ccc(OC(F)(F)F)cc1. The molecule has 0 saturated heterocycles. The van der Waals surface area contributed by atoms with Gasteiger partial charge in [-0.15, -0.1) is 19.6 Å². The highest BCUT2D eigenvalue weighted by molar-refractivity contribution is 7.99. The van der Waals surface area contributed by atoms with Crippen LogP contribution in [0.3, 0.4) is 0 Å². The Kier molecular flexibility index (Phi) is 4.72. The zero-order valence-corrected chi connectivity index (χ0v) is 15.5. The highest BCUT2D eigenvalue weighted by Gasteiger charge is 2.31. The lowest BCUT2D eigenvalue weighted by molar-refractivity contribution is -0.274. The van der Waals surface area contributed by atoms with E-state index in [2.05, 4.69) is 20.6 Å². The molecule has 0 bridgehead atoms. The second kappa shape index (κ2) is 7.22. The van der Waals surface area contributed by atoms with Crippen molar-refractivity contribution in [1.29, 1.82) is 0 Å². The molecule has 1 N–H and O–H groups in total. The number of fused-ring (bicyclic) bond motifs is 3. The average Bonchev–Trinajstić information content (AvgIpc) is 3.05. The van der Waals surface area contributed by atoms with E-state index < -0.39 is 6.36 Å². The quantitative estimate of drug-likeness (QED) is 0.303. The molecule has 4 aromatic rings. The van der Waals surface area contributed by atoms with Crippen molar-refractivity contribution in [1.82, 2.24) is 14.5 Å². The number of rotatable bonds is 4. The van der Waals surface area contributed by atoms with Crippen LogP contribution in [0.5, 0.6) is 5.75 Å². The van der Waals surface area contributed by atoms with Crippen LogP contribution < -0.4 is 10.3 Å². The Balaban J connectivity index is 1.90. The van der Waals surface area contributed by atoms with E-state index in [-0.39, 0.29) is 17.1 Å². The van der Waals surface area contributed by atoms with Gasteiger partial charge in [-0.1, -0.05) is 35.9 Å². The minimum absolute atomic E-state index is 0.273. The summed E-state index contributed by atoms with van der Waals surface area (Å²) < 4.78 is 42.4. The second-order valence-electron chi connectivity index (χ2n) is 5.96. The second-order valence-corrected chi connectivity index (χ2v) is 6.91. The Morgan fingerprint density at radius 1 is 1.17 bits per heavy atom. The van der Waals surface area contributed by atoms with Crippen molar-refractivity contribution in [2.45, 2.75) is 11.5 Å². The molecule has 0 saturated carbocycles. The predicted octanol–water partition coefficient (Wildman–Crippen LogP) is 4.49. The summed E-state index contributed by atoms with van der Waals surface area (Å²) in [6.07, 6.45) is 0.555. The number of alkyl halides is 3. The maximum Gasteiger partial charge on any atom is 0.573 e. The largest absolute Gasteiger partial charge is 0.573 e. The smallest absolute Gasteiger partial charge is 0.406 e. The summed E-state index contributed by atoms with van der Waals surface area (Å²) in [5.74, 6) is 2.37. The van der Waals surface area contributed by atoms with Crippen molar-refractivity contribution in [3.63, 3.8) is 0 Å². The summed E-state index contributed by atoms with van der Waals surface area (Å²) in [5, 5.41) is 1.14. The molecule has 0 unspecified atom stereocenters. The van der Waals surface area contributed by atoms with Crippen LogP contribution in [0.15, 0.2) is 58.5 Å². The fourth-order valence-electron chi connectivity index (χ4n) is 2.97. The number of terminal acetylenes is 1. The normalized spacial score (nSPS) is 11.7. The summed E-state index contributed by atoms with van der Waals surface area (Å²) in [4.78, 5) is 20.9. The van der Waals surface area contributed by atoms with Crippen molar-refractivity contribution in [3.05, 3.63) is 58.9 Å². The van der Waals surface area contributed by atoms with Crippen molar-refractivity contribution in [3.8, 4) is 23.8 Å². The summed E-state index contributed by atoms with van der Waals surface area (Å²) in [6.45, 7) is 0. The summed E-state index contributed by atoms with van der Waals surface area (Å²) in [6, 6.07) is 12.4. The summed E-state index contributed by atoms with van der Waals surface area (Å²) in [7, 11) is 0. The van der Waals surface area contributed by atoms with Crippen LogP contribution in [0.1, 0.15) is 0 Å². The van der Waals surface area contributed by atoms with Gasteiger partial charge >= 0.3 is 6.36 Å². The molecule has 146 valence electrons. The standard InChI is InChI=1S/C20H12F3N3O2S/c1-2-11-29-19-25-16-14-5-3-4-6-15(14)24-17(16)18(27)26(19)12-7-9-13(10-8-12)28-20(21,22)23/h1,3-10,24H,11H2. The Morgan fingerprint density at radius 3 is 2.59 bits per heavy atom. The molecular formula is C20H12F3N3O2S. The third kappa shape index (κ3) is 3.67. The number of H-pyrrole nitrogens is 1. The molecule has 0 amide bonds. The van der Waals surface area contributed by atoms with E-state index >= 15 is 0 Å². The molecule has 0 fully saturated rings. The number of aromatic nitrogens is 3. The van der Waals surface area contributed by atoms with Crippen LogP contribution in [0, 0.1) is 12.3 Å². The first-order valence-electron chi connectivity index (χ1n) is 8.33. The molecule has 4 rings (SSSR count). The van der Waals surface area contributed by atoms with E-state index in [1.54, 1.807) is 0 Å². The van der Waals surface area contributed by atoms with Crippen LogP contribution in [0.2, 0.25) is 0 Å². The van der Waals surface area contributed by atoms with Gasteiger partial charge in [-0.25, -0.2) is 4.98 Å². The molecule has 0 aliphatic heterocycles. The Labute approximate surface area is 166 Å². The molecular weight excluding hydrogens is 403 g/mol. The van der Waals surface area contributed by atoms with E-state index in [4.69, 9.17) is 6.42 Å². The number of nitrogens with zero attached hydrogens (tertiary/aromatic N) is 2. The number of hydrogen-bond acceptors (Lipinski definition) is 4. The van der Waals surface area contributed by atoms with Gasteiger partial charge in [-0.2, -0.15) is 0 Å². The minimum Gasteiger partial charge on any atom is -0.406 e. The number of para-hydroxylation sites is 1. The average molecular weight is 415 g/mol. The summed E-state index contributed by atoms with van der Waals surface area (Å²) >= 11 is 1.19. The first-order chi connectivity index (χ1) is 13.9. The zero-order valence-electron chi connectivity index (χ0n) is 14.7. The van der Waals surface area contributed by atoms with Gasteiger partial charge in [0.2, 0.25) is 0 Å². The molecule has 0 aliphatic rings. The molecule has 5 nitrogen and oxygen atoms in total. The van der Waals surface area contributed by atoms with Gasteiger partial charge in [0.1, 0.15) is 16.8 Å². The number of aromatic amines is 1. The maximum absolute atomic E-state index is 13.2. The number of hydrogen-bond donors (Lipinski definition) is 1. The number of thioether (sulfide) groups is 1. The Hall–Kier alpha value is -3.38. The minimum atomic E-state index is -4.79. The first-order valence-corrected chi connectivity index (χ1v) is 9.32. The van der Waals surface area contributed by atoms with Gasteiger partial charge in [0.15, 0.2) is 5.16 Å². The number of nitrogens with one attached hydrogen (secondary N) is 1. The van der Waals surface area contributed by atoms with E-state index in [1.165, 1.54) is 28.5 Å². The van der Waals surface area contributed by atoms with Crippen LogP contribution in [0.25, 0.3) is 27.6 Å². The van der Waals surface area contributed by atoms with Gasteiger partial charge < -0.3 is 9.72 Å². The number of ether oxygens (including phenoxy) is 1. The van der Waals surface area contributed by atoms with Gasteiger partial charge in [0.05, 0.1) is 11.4 Å². The zero-order chi connectivity index (χ0) is 20.6. The van der Waals surface area contributed by atoms with E-state index in [0.29, 0.717) is 21.9 Å². The molecule has 9 heteroatoms. The van der Waals surface area contributed by atoms with Crippen LogP contribution >= 0.6 is 11.8 Å². The van der Waals surface area contributed by atoms with Gasteiger partial charge in [0.25, 0.3) is 5.56 Å². The highest BCUT2D eigenvalue weighted by atomic mass is 32.2. The van der Waals surface area contributed by atoms with Gasteiger partial charge in [0, 0.05) is 10.9 Å². The van der Waals surface area contributed by atoms with Crippen LogP contribution in [-0.4, -0.2) is 26.7 Å². The number of benzene rings is 2. The fraction of sp³-hybridized carbons (Fsp3) is 0.100. The molecule has 29 heavy (non-hydrogen) atoms. The molecule has 2 aromatic heterocycles. The lowest BCUT2D eigenvalue weighted by Gasteiger charge is -2.13. The molecule has 2 aromatic carbocycles. The van der Waals surface area contributed by atoms with E-state index in [0.717, 1.165) is 23.0 Å². The van der Waals surface area contributed by atoms with Crippen molar-refractivity contribution in [2.24, 2.45) is 0 Å². The van der Waals surface area contributed by atoms with Crippen molar-refractivity contribution in [2.75, 3.05) is 5.75 Å². The maximum atomic E-state index is 13.2. The Bertz CT molecular complexity index is 1300. The van der Waals surface area contributed by atoms with Crippen molar-refractivity contribution >= 4 is 33.7 Å². The Morgan fingerprint density at radius 2 is 1.90 bits per heavy atom. The molecule has 2 heterocycles. The van der Waals surface area contributed by atoms with Crippen LogP contribution in [-0.2, 0) is 0 Å². The third-order valence-electron chi connectivity index (χ3n) is 4.11.